The molecular weight excluding hydrogens is 208 g/mol. The van der Waals surface area contributed by atoms with Gasteiger partial charge in [0.05, 0.1) is 25.7 Å². The Hall–Kier alpha value is -2.09. The van der Waals surface area contributed by atoms with E-state index in [1.807, 2.05) is 6.07 Å². The van der Waals surface area contributed by atoms with Gasteiger partial charge in [-0.1, -0.05) is 0 Å². The van der Waals surface area contributed by atoms with Crippen LogP contribution in [-0.4, -0.2) is 24.7 Å². The van der Waals surface area contributed by atoms with Crippen LogP contribution < -0.4 is 4.74 Å². The second-order valence-corrected chi connectivity index (χ2v) is 2.99. The smallest absolute Gasteiger partial charge is 0.310 e. The first-order chi connectivity index (χ1) is 7.71. The van der Waals surface area contributed by atoms with Crippen LogP contribution in [0.15, 0.2) is 12.3 Å². The maximum Gasteiger partial charge on any atom is 0.310 e. The second kappa shape index (κ2) is 5.71. The quantitative estimate of drug-likeness (QED) is 0.709. The molecule has 0 bridgehead atoms. The number of carbonyl (C=O) groups excluding carboxylic acids is 1. The lowest BCUT2D eigenvalue weighted by Gasteiger charge is -2.06. The SMILES string of the molecule is CCOC(=O)Cc1cc(C#N)cnc1OC. The molecule has 0 unspecified atom stereocenters. The van der Waals surface area contributed by atoms with Gasteiger partial charge < -0.3 is 9.47 Å². The van der Waals surface area contributed by atoms with Crippen molar-refractivity contribution in [1.82, 2.24) is 4.98 Å². The molecule has 0 atom stereocenters. The molecule has 5 heteroatoms. The molecule has 0 saturated heterocycles. The first-order valence-electron chi connectivity index (χ1n) is 4.79. The van der Waals surface area contributed by atoms with E-state index in [0.29, 0.717) is 23.6 Å². The number of rotatable bonds is 4. The highest BCUT2D eigenvalue weighted by Crippen LogP contribution is 2.17. The summed E-state index contributed by atoms with van der Waals surface area (Å²) in [5.74, 6) is -0.0234. The highest BCUT2D eigenvalue weighted by Gasteiger charge is 2.11. The van der Waals surface area contributed by atoms with Crippen LogP contribution in [0, 0.1) is 11.3 Å². The van der Waals surface area contributed by atoms with E-state index >= 15 is 0 Å². The standard InChI is InChI=1S/C11H12N2O3/c1-3-16-10(14)5-9-4-8(6-12)7-13-11(9)15-2/h4,7H,3,5H2,1-2H3. The lowest BCUT2D eigenvalue weighted by molar-refractivity contribution is -0.142. The van der Waals surface area contributed by atoms with Gasteiger partial charge in [0.15, 0.2) is 0 Å². The third-order valence-electron chi connectivity index (χ3n) is 1.89. The molecule has 5 nitrogen and oxygen atoms in total. The Morgan fingerprint density at radius 3 is 2.94 bits per heavy atom. The van der Waals surface area contributed by atoms with E-state index in [2.05, 4.69) is 4.98 Å². The molecular formula is C11H12N2O3. The number of carbonyl (C=O) groups is 1. The maximum absolute atomic E-state index is 11.3. The minimum Gasteiger partial charge on any atom is -0.481 e. The number of nitriles is 1. The molecule has 84 valence electrons. The molecule has 0 spiro atoms. The van der Waals surface area contributed by atoms with Gasteiger partial charge in [0.2, 0.25) is 5.88 Å². The van der Waals surface area contributed by atoms with Gasteiger partial charge in [0.1, 0.15) is 6.07 Å². The second-order valence-electron chi connectivity index (χ2n) is 2.99. The van der Waals surface area contributed by atoms with E-state index in [1.54, 1.807) is 13.0 Å². The lowest BCUT2D eigenvalue weighted by Crippen LogP contribution is -2.09. The van der Waals surface area contributed by atoms with Crippen LogP contribution in [0.1, 0.15) is 18.1 Å². The number of esters is 1. The summed E-state index contributed by atoms with van der Waals surface area (Å²) in [5, 5.41) is 8.72. The van der Waals surface area contributed by atoms with Crippen LogP contribution in [0.2, 0.25) is 0 Å². The minimum atomic E-state index is -0.363. The van der Waals surface area contributed by atoms with Crippen molar-refractivity contribution in [1.29, 1.82) is 5.26 Å². The summed E-state index contributed by atoms with van der Waals surface area (Å²) in [6, 6.07) is 3.53. The number of ether oxygens (including phenoxy) is 2. The summed E-state index contributed by atoms with van der Waals surface area (Å²) in [7, 11) is 1.46. The lowest BCUT2D eigenvalue weighted by atomic mass is 10.1. The van der Waals surface area contributed by atoms with Crippen LogP contribution >= 0.6 is 0 Å². The summed E-state index contributed by atoms with van der Waals surface area (Å²) in [5.41, 5.74) is 0.945. The molecule has 0 aromatic carbocycles. The minimum absolute atomic E-state index is 0.0551. The molecule has 1 aromatic heterocycles. The van der Waals surface area contributed by atoms with Gasteiger partial charge in [-0.3, -0.25) is 4.79 Å². The van der Waals surface area contributed by atoms with E-state index in [1.165, 1.54) is 13.3 Å². The molecule has 1 heterocycles. The number of nitrogens with zero attached hydrogens (tertiary/aromatic N) is 2. The number of hydrogen-bond acceptors (Lipinski definition) is 5. The fourth-order valence-electron chi connectivity index (χ4n) is 1.24. The predicted octanol–water partition coefficient (Wildman–Crippen LogP) is 1.07. The molecule has 0 saturated carbocycles. The monoisotopic (exact) mass is 220 g/mol. The zero-order chi connectivity index (χ0) is 12.0. The Labute approximate surface area is 93.6 Å². The van der Waals surface area contributed by atoms with E-state index in [4.69, 9.17) is 14.7 Å². The first-order valence-corrected chi connectivity index (χ1v) is 4.79. The fourth-order valence-corrected chi connectivity index (χ4v) is 1.24. The summed E-state index contributed by atoms with van der Waals surface area (Å²) in [4.78, 5) is 15.2. The van der Waals surface area contributed by atoms with Crippen molar-refractivity contribution in [2.24, 2.45) is 0 Å². The van der Waals surface area contributed by atoms with E-state index < -0.39 is 0 Å². The van der Waals surface area contributed by atoms with Crippen LogP contribution in [0.4, 0.5) is 0 Å². The highest BCUT2D eigenvalue weighted by molar-refractivity contribution is 5.73. The number of methoxy groups -OCH3 is 1. The number of hydrogen-bond donors (Lipinski definition) is 0. The first kappa shape index (κ1) is 12.0. The predicted molar refractivity (Wildman–Crippen MR) is 55.8 cm³/mol. The molecule has 0 fully saturated rings. The Morgan fingerprint density at radius 1 is 1.62 bits per heavy atom. The zero-order valence-corrected chi connectivity index (χ0v) is 9.19. The zero-order valence-electron chi connectivity index (χ0n) is 9.19. The van der Waals surface area contributed by atoms with Gasteiger partial charge in [-0.2, -0.15) is 5.26 Å². The molecule has 0 amide bonds. The Balaban J connectivity index is 2.92. The van der Waals surface area contributed by atoms with Crippen LogP contribution in [-0.2, 0) is 16.0 Å². The van der Waals surface area contributed by atoms with E-state index in [9.17, 15) is 4.79 Å². The normalized spacial score (nSPS) is 9.31. The summed E-state index contributed by atoms with van der Waals surface area (Å²) >= 11 is 0. The molecule has 0 aliphatic carbocycles. The topological polar surface area (TPSA) is 72.2 Å². The third kappa shape index (κ3) is 2.95. The van der Waals surface area contributed by atoms with Gasteiger partial charge in [0.25, 0.3) is 0 Å². The molecule has 1 aromatic rings. The van der Waals surface area contributed by atoms with Gasteiger partial charge in [-0.05, 0) is 13.0 Å². The van der Waals surface area contributed by atoms with Gasteiger partial charge >= 0.3 is 5.97 Å². The molecule has 0 aliphatic rings. The van der Waals surface area contributed by atoms with E-state index in [0.717, 1.165) is 0 Å². The van der Waals surface area contributed by atoms with Gasteiger partial charge in [-0.15, -0.1) is 0 Å². The molecule has 0 N–H and O–H groups in total. The molecule has 1 rings (SSSR count). The molecule has 0 radical (unpaired) electrons. The summed E-state index contributed by atoms with van der Waals surface area (Å²) in [6.45, 7) is 2.06. The average molecular weight is 220 g/mol. The van der Waals surface area contributed by atoms with Gasteiger partial charge in [-0.25, -0.2) is 4.98 Å². The third-order valence-corrected chi connectivity index (χ3v) is 1.89. The summed E-state index contributed by atoms with van der Waals surface area (Å²) < 4.78 is 9.81. The molecule has 16 heavy (non-hydrogen) atoms. The average Bonchev–Trinajstić information content (AvgIpc) is 2.29. The van der Waals surface area contributed by atoms with Crippen LogP contribution in [0.25, 0.3) is 0 Å². The van der Waals surface area contributed by atoms with Crippen molar-refractivity contribution < 1.29 is 14.3 Å². The molecule has 0 aliphatic heterocycles. The Kier molecular flexibility index (Phi) is 4.28. The van der Waals surface area contributed by atoms with Crippen LogP contribution in [0.3, 0.4) is 0 Å². The van der Waals surface area contributed by atoms with Crippen molar-refractivity contribution in [2.45, 2.75) is 13.3 Å². The van der Waals surface area contributed by atoms with Gasteiger partial charge in [0, 0.05) is 11.8 Å². The van der Waals surface area contributed by atoms with Crippen molar-refractivity contribution in [3.05, 3.63) is 23.4 Å². The number of pyridine rings is 1. The summed E-state index contributed by atoms with van der Waals surface area (Å²) in [6.07, 6.45) is 1.45. The van der Waals surface area contributed by atoms with Crippen molar-refractivity contribution in [2.75, 3.05) is 13.7 Å². The Morgan fingerprint density at radius 2 is 2.38 bits per heavy atom. The van der Waals surface area contributed by atoms with Crippen LogP contribution in [0.5, 0.6) is 5.88 Å². The largest absolute Gasteiger partial charge is 0.481 e. The van der Waals surface area contributed by atoms with Crippen molar-refractivity contribution >= 4 is 5.97 Å². The number of aromatic nitrogens is 1. The maximum atomic E-state index is 11.3. The van der Waals surface area contributed by atoms with Crippen molar-refractivity contribution in [3.63, 3.8) is 0 Å². The fraction of sp³-hybridized carbons (Fsp3) is 0.364. The highest BCUT2D eigenvalue weighted by atomic mass is 16.5. The Bertz CT molecular complexity index is 424. The van der Waals surface area contributed by atoms with E-state index in [-0.39, 0.29) is 12.4 Å². The van der Waals surface area contributed by atoms with Crippen molar-refractivity contribution in [3.8, 4) is 11.9 Å².